The number of aromatic nitrogens is 6. The minimum absolute atomic E-state index is 0.172. The summed E-state index contributed by atoms with van der Waals surface area (Å²) in [7, 11) is 0. The molecule has 0 aliphatic rings. The van der Waals surface area contributed by atoms with Crippen LogP contribution in [-0.4, -0.2) is 35.9 Å². The Morgan fingerprint density at radius 1 is 1.00 bits per heavy atom. The van der Waals surface area contributed by atoms with Gasteiger partial charge >= 0.3 is 0 Å². The molecule has 158 valence electrons. The monoisotopic (exact) mass is 417 g/mol. The van der Waals surface area contributed by atoms with Crippen LogP contribution in [0.5, 0.6) is 0 Å². The molecule has 2 aromatic heterocycles. The molecule has 0 unspecified atom stereocenters. The average molecular weight is 417 g/mol. The predicted molar refractivity (Wildman–Crippen MR) is 117 cm³/mol. The van der Waals surface area contributed by atoms with Crippen molar-refractivity contribution in [3.63, 3.8) is 0 Å². The number of hydrogen-bond acceptors (Lipinski definition) is 6. The molecule has 0 atom stereocenters. The van der Waals surface area contributed by atoms with E-state index in [1.165, 1.54) is 15.7 Å². The van der Waals surface area contributed by atoms with E-state index in [4.69, 9.17) is 0 Å². The zero-order valence-corrected chi connectivity index (χ0v) is 17.2. The molecular weight excluding hydrogens is 394 g/mol. The highest BCUT2D eigenvalue weighted by Gasteiger charge is 2.17. The first-order valence-corrected chi connectivity index (χ1v) is 10.3. The van der Waals surface area contributed by atoms with E-state index >= 15 is 0 Å². The lowest BCUT2D eigenvalue weighted by molar-refractivity contribution is 0.102. The first-order chi connectivity index (χ1) is 15.2. The first kappa shape index (κ1) is 20.4. The van der Waals surface area contributed by atoms with Gasteiger partial charge in [0.2, 0.25) is 0 Å². The van der Waals surface area contributed by atoms with Crippen LogP contribution in [-0.2, 0) is 6.54 Å². The quantitative estimate of drug-likeness (QED) is 0.441. The van der Waals surface area contributed by atoms with Gasteiger partial charge in [0.05, 0.1) is 11.1 Å². The molecule has 9 heteroatoms. The largest absolute Gasteiger partial charge is 0.321 e. The molecule has 0 fully saturated rings. The van der Waals surface area contributed by atoms with Crippen molar-refractivity contribution >= 4 is 22.4 Å². The number of tetrazole rings is 1. The molecule has 2 aromatic carbocycles. The van der Waals surface area contributed by atoms with E-state index in [1.54, 1.807) is 48.5 Å². The number of amides is 1. The Balaban J connectivity index is 1.60. The van der Waals surface area contributed by atoms with Crippen LogP contribution in [0.3, 0.4) is 0 Å². The summed E-state index contributed by atoms with van der Waals surface area (Å²) in [6.45, 7) is 2.63. The molecule has 0 aliphatic carbocycles. The second kappa shape index (κ2) is 9.29. The second-order valence-corrected chi connectivity index (χ2v) is 7.24. The van der Waals surface area contributed by atoms with Crippen LogP contribution >= 0.6 is 0 Å². The lowest BCUT2D eigenvalue weighted by atomic mass is 10.1. The fourth-order valence-corrected chi connectivity index (χ4v) is 3.41. The highest BCUT2D eigenvalue weighted by molar-refractivity contribution is 6.11. The summed E-state index contributed by atoms with van der Waals surface area (Å²) >= 11 is 0. The van der Waals surface area contributed by atoms with Crippen molar-refractivity contribution in [2.24, 2.45) is 0 Å². The van der Waals surface area contributed by atoms with Crippen molar-refractivity contribution in [1.29, 1.82) is 0 Å². The van der Waals surface area contributed by atoms with Gasteiger partial charge in [-0.2, -0.15) is 5.10 Å². The predicted octanol–water partition coefficient (Wildman–Crippen LogP) is 3.20. The lowest BCUT2D eigenvalue weighted by Gasteiger charge is -2.11. The van der Waals surface area contributed by atoms with Crippen LogP contribution in [0.4, 0.5) is 5.69 Å². The highest BCUT2D eigenvalue weighted by Crippen LogP contribution is 2.17. The van der Waals surface area contributed by atoms with E-state index in [0.29, 0.717) is 23.0 Å². The Hall–Kier alpha value is -3.88. The number of unbranched alkanes of at least 4 members (excludes halogenated alkanes) is 3. The SMILES string of the molecule is CCCCCCn1nc(C(=O)Nc2ccc(-n3cnnn3)cc2)c2ccccc2c1=O. The summed E-state index contributed by atoms with van der Waals surface area (Å²) in [6, 6.07) is 14.2. The number of hydrogen-bond donors (Lipinski definition) is 1. The number of aryl methyl sites for hydroxylation is 1. The zero-order chi connectivity index (χ0) is 21.6. The minimum atomic E-state index is -0.367. The van der Waals surface area contributed by atoms with E-state index in [0.717, 1.165) is 31.4 Å². The second-order valence-electron chi connectivity index (χ2n) is 7.24. The molecule has 31 heavy (non-hydrogen) atoms. The van der Waals surface area contributed by atoms with Gasteiger partial charge in [-0.3, -0.25) is 9.59 Å². The van der Waals surface area contributed by atoms with E-state index in [-0.39, 0.29) is 17.2 Å². The molecule has 4 rings (SSSR count). The summed E-state index contributed by atoms with van der Waals surface area (Å²) in [4.78, 5) is 25.9. The average Bonchev–Trinajstić information content (AvgIpc) is 3.33. The topological polar surface area (TPSA) is 108 Å². The van der Waals surface area contributed by atoms with Gasteiger partial charge in [0, 0.05) is 17.6 Å². The number of carbonyl (C=O) groups excluding carboxylic acids is 1. The van der Waals surface area contributed by atoms with Gasteiger partial charge in [-0.25, -0.2) is 9.36 Å². The Morgan fingerprint density at radius 2 is 1.77 bits per heavy atom. The fourth-order valence-electron chi connectivity index (χ4n) is 3.41. The smallest absolute Gasteiger partial charge is 0.276 e. The van der Waals surface area contributed by atoms with Crippen LogP contribution in [0, 0.1) is 0 Å². The van der Waals surface area contributed by atoms with Gasteiger partial charge < -0.3 is 5.32 Å². The van der Waals surface area contributed by atoms with Gasteiger partial charge in [0.1, 0.15) is 6.33 Å². The number of anilines is 1. The Labute approximate surface area is 178 Å². The third-order valence-corrected chi connectivity index (χ3v) is 5.05. The number of nitrogens with one attached hydrogen (secondary N) is 1. The summed E-state index contributed by atoms with van der Waals surface area (Å²) in [5, 5.41) is 19.4. The molecule has 4 aromatic rings. The molecule has 1 amide bonds. The van der Waals surface area contributed by atoms with E-state index in [9.17, 15) is 9.59 Å². The van der Waals surface area contributed by atoms with Crippen molar-refractivity contribution in [1.82, 2.24) is 30.0 Å². The molecule has 0 bridgehead atoms. The molecule has 1 N–H and O–H groups in total. The third-order valence-electron chi connectivity index (χ3n) is 5.05. The molecular formula is C22H23N7O2. The fraction of sp³-hybridized carbons (Fsp3) is 0.273. The van der Waals surface area contributed by atoms with Crippen molar-refractivity contribution in [2.45, 2.75) is 39.2 Å². The number of fused-ring (bicyclic) bond motifs is 1. The standard InChI is InChI=1S/C22H23N7O2/c1-2-3-4-7-14-28-22(31)19-9-6-5-8-18(19)20(25-28)21(30)24-16-10-12-17(13-11-16)29-15-23-26-27-29/h5-6,8-13,15H,2-4,7,14H2,1H3,(H,24,30). The Morgan fingerprint density at radius 3 is 2.48 bits per heavy atom. The molecule has 0 saturated heterocycles. The van der Waals surface area contributed by atoms with Gasteiger partial charge in [-0.05, 0) is 47.2 Å². The van der Waals surface area contributed by atoms with Crippen LogP contribution in [0.2, 0.25) is 0 Å². The molecule has 0 saturated carbocycles. The van der Waals surface area contributed by atoms with Crippen molar-refractivity contribution < 1.29 is 4.79 Å². The van der Waals surface area contributed by atoms with Gasteiger partial charge in [0.25, 0.3) is 11.5 Å². The third kappa shape index (κ3) is 4.50. The number of nitrogens with zero attached hydrogens (tertiary/aromatic N) is 6. The first-order valence-electron chi connectivity index (χ1n) is 10.3. The normalized spacial score (nSPS) is 11.0. The van der Waals surface area contributed by atoms with E-state index in [2.05, 4.69) is 32.9 Å². The lowest BCUT2D eigenvalue weighted by Crippen LogP contribution is -2.27. The Bertz CT molecular complexity index is 1230. The summed E-state index contributed by atoms with van der Waals surface area (Å²) in [6.07, 6.45) is 5.58. The summed E-state index contributed by atoms with van der Waals surface area (Å²) in [5.41, 5.74) is 1.44. The van der Waals surface area contributed by atoms with Gasteiger partial charge in [0.15, 0.2) is 5.69 Å². The zero-order valence-electron chi connectivity index (χ0n) is 17.2. The maximum absolute atomic E-state index is 13.1. The van der Waals surface area contributed by atoms with Gasteiger partial charge in [-0.1, -0.05) is 44.4 Å². The number of rotatable bonds is 8. The highest BCUT2D eigenvalue weighted by atomic mass is 16.2. The van der Waals surface area contributed by atoms with Crippen LogP contribution in [0.1, 0.15) is 43.1 Å². The summed E-state index contributed by atoms with van der Waals surface area (Å²) < 4.78 is 2.93. The van der Waals surface area contributed by atoms with E-state index < -0.39 is 0 Å². The minimum Gasteiger partial charge on any atom is -0.321 e. The van der Waals surface area contributed by atoms with Crippen molar-refractivity contribution in [2.75, 3.05) is 5.32 Å². The molecule has 0 radical (unpaired) electrons. The molecule has 0 spiro atoms. The maximum Gasteiger partial charge on any atom is 0.276 e. The van der Waals surface area contributed by atoms with Crippen LogP contribution in [0.15, 0.2) is 59.7 Å². The molecule has 2 heterocycles. The number of benzene rings is 2. The number of carbonyl (C=O) groups is 1. The summed E-state index contributed by atoms with van der Waals surface area (Å²) in [5.74, 6) is -0.367. The van der Waals surface area contributed by atoms with Crippen LogP contribution < -0.4 is 10.9 Å². The maximum atomic E-state index is 13.1. The van der Waals surface area contributed by atoms with E-state index in [1.807, 2.05) is 0 Å². The van der Waals surface area contributed by atoms with Crippen molar-refractivity contribution in [3.8, 4) is 5.69 Å². The van der Waals surface area contributed by atoms with Crippen molar-refractivity contribution in [3.05, 3.63) is 70.9 Å². The molecule has 9 nitrogen and oxygen atoms in total. The van der Waals surface area contributed by atoms with Crippen LogP contribution in [0.25, 0.3) is 16.5 Å². The Kier molecular flexibility index (Phi) is 6.11. The molecule has 0 aliphatic heterocycles. The van der Waals surface area contributed by atoms with Gasteiger partial charge in [-0.15, -0.1) is 5.10 Å².